The standard InChI is InChI=1S/C23H25N3O3/c1-14-7-10-19(11-15(14)2)24-20(27)13-26-21(28)23(3,25-22(26)29)18-9-8-16-5-4-6-17(16)12-18/h7-12H,4-6,13H2,1-3H3,(H,24,27)(H,25,29). The molecule has 0 bridgehead atoms. The second kappa shape index (κ2) is 7.03. The highest BCUT2D eigenvalue weighted by molar-refractivity contribution is 6.10. The Morgan fingerprint density at radius 2 is 1.83 bits per heavy atom. The van der Waals surface area contributed by atoms with Crippen LogP contribution in [-0.4, -0.2) is 29.3 Å². The van der Waals surface area contributed by atoms with Crippen molar-refractivity contribution in [3.63, 3.8) is 0 Å². The number of urea groups is 1. The highest BCUT2D eigenvalue weighted by Gasteiger charge is 2.49. The van der Waals surface area contributed by atoms with E-state index in [4.69, 9.17) is 0 Å². The maximum atomic E-state index is 13.1. The van der Waals surface area contributed by atoms with Crippen LogP contribution in [0.2, 0.25) is 0 Å². The van der Waals surface area contributed by atoms with Crippen molar-refractivity contribution in [2.45, 2.75) is 45.6 Å². The number of benzene rings is 2. The van der Waals surface area contributed by atoms with Gasteiger partial charge in [-0.3, -0.25) is 14.5 Å². The van der Waals surface area contributed by atoms with E-state index >= 15 is 0 Å². The zero-order valence-electron chi connectivity index (χ0n) is 17.0. The lowest BCUT2D eigenvalue weighted by Gasteiger charge is -2.23. The van der Waals surface area contributed by atoms with E-state index in [9.17, 15) is 14.4 Å². The van der Waals surface area contributed by atoms with E-state index in [1.54, 1.807) is 13.0 Å². The highest BCUT2D eigenvalue weighted by Crippen LogP contribution is 2.32. The number of carbonyl (C=O) groups excluding carboxylic acids is 3. The summed E-state index contributed by atoms with van der Waals surface area (Å²) in [6.45, 7) is 5.34. The first kappa shape index (κ1) is 19.2. The lowest BCUT2D eigenvalue weighted by atomic mass is 9.89. The number of rotatable bonds is 4. The normalized spacial score (nSPS) is 20.6. The number of hydrogen-bond donors (Lipinski definition) is 2. The van der Waals surface area contributed by atoms with Crippen LogP contribution in [0.1, 0.15) is 41.2 Å². The van der Waals surface area contributed by atoms with Crippen LogP contribution in [0.4, 0.5) is 10.5 Å². The van der Waals surface area contributed by atoms with E-state index in [0.29, 0.717) is 5.69 Å². The van der Waals surface area contributed by atoms with Gasteiger partial charge < -0.3 is 10.6 Å². The SMILES string of the molecule is Cc1ccc(NC(=O)CN2C(=O)NC(C)(c3ccc4c(c3)CCC4)C2=O)cc1C. The smallest absolute Gasteiger partial charge is 0.325 e. The fourth-order valence-corrected chi connectivity index (χ4v) is 4.08. The summed E-state index contributed by atoms with van der Waals surface area (Å²) < 4.78 is 0. The fraction of sp³-hybridized carbons (Fsp3) is 0.348. The third kappa shape index (κ3) is 3.39. The molecular weight excluding hydrogens is 366 g/mol. The molecule has 2 aliphatic rings. The summed E-state index contributed by atoms with van der Waals surface area (Å²) in [5.41, 5.74) is 4.97. The molecule has 150 valence electrons. The number of nitrogens with one attached hydrogen (secondary N) is 2. The molecule has 2 N–H and O–H groups in total. The van der Waals surface area contributed by atoms with Gasteiger partial charge in [-0.15, -0.1) is 0 Å². The molecule has 4 rings (SSSR count). The number of nitrogens with zero attached hydrogens (tertiary/aromatic N) is 1. The largest absolute Gasteiger partial charge is 0.325 e. The van der Waals surface area contributed by atoms with Crippen LogP contribution in [0.15, 0.2) is 36.4 Å². The van der Waals surface area contributed by atoms with Crippen molar-refractivity contribution in [1.29, 1.82) is 0 Å². The molecule has 29 heavy (non-hydrogen) atoms. The van der Waals surface area contributed by atoms with Crippen LogP contribution < -0.4 is 10.6 Å². The van der Waals surface area contributed by atoms with Gasteiger partial charge in [-0.05, 0) is 80.0 Å². The number of anilines is 1. The van der Waals surface area contributed by atoms with Crippen LogP contribution in [0.5, 0.6) is 0 Å². The molecule has 6 heteroatoms. The minimum absolute atomic E-state index is 0.321. The second-order valence-electron chi connectivity index (χ2n) is 8.13. The Balaban J connectivity index is 1.50. The molecule has 4 amide bonds. The molecule has 1 aliphatic carbocycles. The molecule has 0 saturated carbocycles. The average Bonchev–Trinajstić information content (AvgIpc) is 3.23. The molecule has 1 atom stereocenters. The first-order chi connectivity index (χ1) is 13.8. The predicted octanol–water partition coefficient (Wildman–Crippen LogP) is 3.20. The third-order valence-electron chi connectivity index (χ3n) is 6.04. The minimum atomic E-state index is -1.16. The molecule has 6 nitrogen and oxygen atoms in total. The third-order valence-corrected chi connectivity index (χ3v) is 6.04. The van der Waals surface area contributed by atoms with Gasteiger partial charge in [-0.1, -0.05) is 24.3 Å². The zero-order valence-corrected chi connectivity index (χ0v) is 17.0. The fourth-order valence-electron chi connectivity index (χ4n) is 4.08. The Morgan fingerprint density at radius 1 is 1.07 bits per heavy atom. The quantitative estimate of drug-likeness (QED) is 0.786. The van der Waals surface area contributed by atoms with Crippen LogP contribution in [-0.2, 0) is 28.0 Å². The van der Waals surface area contributed by atoms with Crippen LogP contribution in [0.25, 0.3) is 0 Å². The van der Waals surface area contributed by atoms with E-state index < -0.39 is 23.4 Å². The number of carbonyl (C=O) groups is 3. The first-order valence-electron chi connectivity index (χ1n) is 9.91. The molecular formula is C23H25N3O3. The van der Waals surface area contributed by atoms with Gasteiger partial charge >= 0.3 is 6.03 Å². The summed E-state index contributed by atoms with van der Waals surface area (Å²) in [6, 6.07) is 11.0. The summed E-state index contributed by atoms with van der Waals surface area (Å²) in [5, 5.41) is 5.55. The summed E-state index contributed by atoms with van der Waals surface area (Å²) >= 11 is 0. The molecule has 1 aliphatic heterocycles. The monoisotopic (exact) mass is 391 g/mol. The molecule has 1 saturated heterocycles. The Bertz CT molecular complexity index is 1030. The molecule has 1 fully saturated rings. The van der Waals surface area contributed by atoms with E-state index in [-0.39, 0.29) is 6.54 Å². The van der Waals surface area contributed by atoms with Crippen molar-refractivity contribution in [2.24, 2.45) is 0 Å². The van der Waals surface area contributed by atoms with Gasteiger partial charge in [0.05, 0.1) is 0 Å². The van der Waals surface area contributed by atoms with Gasteiger partial charge in [0.2, 0.25) is 5.91 Å². The first-order valence-corrected chi connectivity index (χ1v) is 9.91. The van der Waals surface area contributed by atoms with Crippen LogP contribution >= 0.6 is 0 Å². The molecule has 0 aromatic heterocycles. The molecule has 1 heterocycles. The Morgan fingerprint density at radius 3 is 2.59 bits per heavy atom. The van der Waals surface area contributed by atoms with Gasteiger partial charge in [-0.25, -0.2) is 4.79 Å². The van der Waals surface area contributed by atoms with E-state index in [1.165, 1.54) is 11.1 Å². The van der Waals surface area contributed by atoms with Crippen molar-refractivity contribution in [1.82, 2.24) is 10.2 Å². The van der Waals surface area contributed by atoms with Gasteiger partial charge in [0.25, 0.3) is 5.91 Å². The number of fused-ring (bicyclic) bond motifs is 1. The topological polar surface area (TPSA) is 78.5 Å². The molecule has 0 spiro atoms. The summed E-state index contributed by atoms with van der Waals surface area (Å²) in [5.74, 6) is -0.814. The molecule has 2 aromatic rings. The second-order valence-corrected chi connectivity index (χ2v) is 8.13. The summed E-state index contributed by atoms with van der Waals surface area (Å²) in [6.07, 6.45) is 3.15. The summed E-state index contributed by atoms with van der Waals surface area (Å²) in [4.78, 5) is 39.1. The number of amides is 4. The molecule has 2 aromatic carbocycles. The van der Waals surface area contributed by atoms with Crippen molar-refractivity contribution < 1.29 is 14.4 Å². The van der Waals surface area contributed by atoms with Crippen molar-refractivity contribution in [3.8, 4) is 0 Å². The minimum Gasteiger partial charge on any atom is -0.325 e. The molecule has 1 unspecified atom stereocenters. The van der Waals surface area contributed by atoms with Gasteiger partial charge in [0.1, 0.15) is 12.1 Å². The van der Waals surface area contributed by atoms with Crippen molar-refractivity contribution in [3.05, 3.63) is 64.2 Å². The number of hydrogen-bond acceptors (Lipinski definition) is 3. The Hall–Kier alpha value is -3.15. The average molecular weight is 391 g/mol. The van der Waals surface area contributed by atoms with E-state index in [0.717, 1.165) is 40.9 Å². The number of imide groups is 1. The maximum Gasteiger partial charge on any atom is 0.325 e. The van der Waals surface area contributed by atoms with Gasteiger partial charge in [0, 0.05) is 5.69 Å². The van der Waals surface area contributed by atoms with E-state index in [2.05, 4.69) is 10.6 Å². The Labute approximate surface area is 170 Å². The lowest BCUT2D eigenvalue weighted by Crippen LogP contribution is -2.42. The number of aryl methyl sites for hydroxylation is 4. The lowest BCUT2D eigenvalue weighted by molar-refractivity contribution is -0.133. The van der Waals surface area contributed by atoms with E-state index in [1.807, 2.05) is 44.2 Å². The van der Waals surface area contributed by atoms with Crippen molar-refractivity contribution in [2.75, 3.05) is 11.9 Å². The van der Waals surface area contributed by atoms with Crippen molar-refractivity contribution >= 4 is 23.5 Å². The predicted molar refractivity (Wildman–Crippen MR) is 111 cm³/mol. The highest BCUT2D eigenvalue weighted by atomic mass is 16.2. The van der Waals surface area contributed by atoms with Crippen LogP contribution in [0, 0.1) is 13.8 Å². The zero-order chi connectivity index (χ0) is 20.8. The molecule has 0 radical (unpaired) electrons. The van der Waals surface area contributed by atoms with Gasteiger partial charge in [-0.2, -0.15) is 0 Å². The van der Waals surface area contributed by atoms with Gasteiger partial charge in [0.15, 0.2) is 0 Å². The Kier molecular flexibility index (Phi) is 4.65. The van der Waals surface area contributed by atoms with Crippen LogP contribution in [0.3, 0.4) is 0 Å². The summed E-state index contributed by atoms with van der Waals surface area (Å²) in [7, 11) is 0. The maximum absolute atomic E-state index is 13.1.